The average Bonchev–Trinajstić information content (AvgIpc) is 2.75. The van der Waals surface area contributed by atoms with Gasteiger partial charge in [-0.1, -0.05) is 6.92 Å². The Morgan fingerprint density at radius 3 is 2.71 bits per heavy atom. The van der Waals surface area contributed by atoms with Crippen molar-refractivity contribution in [2.45, 2.75) is 51.0 Å². The van der Waals surface area contributed by atoms with Crippen molar-refractivity contribution in [3.63, 3.8) is 0 Å². The van der Waals surface area contributed by atoms with Crippen LogP contribution in [0, 0.1) is 0 Å². The number of hydrogen-bond donors (Lipinski definition) is 2. The van der Waals surface area contributed by atoms with Crippen molar-refractivity contribution in [1.82, 2.24) is 4.98 Å². The number of hydrogen-bond acceptors (Lipinski definition) is 5. The molecule has 5 nitrogen and oxygen atoms in total. The van der Waals surface area contributed by atoms with Crippen molar-refractivity contribution in [2.75, 3.05) is 16.4 Å². The number of carbonyl (C=O) groups excluding carboxylic acids is 1. The summed E-state index contributed by atoms with van der Waals surface area (Å²) < 4.78 is 5.19. The number of amides is 1. The number of aromatic nitrogens is 1. The molecule has 2 N–H and O–H groups in total. The highest BCUT2D eigenvalue weighted by Crippen LogP contribution is 2.28. The number of nitrogens with one attached hydrogen (secondary N) is 2. The van der Waals surface area contributed by atoms with Crippen molar-refractivity contribution >= 4 is 29.4 Å². The molecule has 0 saturated carbocycles. The number of thioether (sulfide) groups is 1. The van der Waals surface area contributed by atoms with Crippen molar-refractivity contribution in [1.29, 1.82) is 0 Å². The van der Waals surface area contributed by atoms with Crippen molar-refractivity contribution < 1.29 is 9.53 Å². The quantitative estimate of drug-likeness (QED) is 0.890. The van der Waals surface area contributed by atoms with Gasteiger partial charge in [-0.2, -0.15) is 11.8 Å². The molecule has 0 bridgehead atoms. The van der Waals surface area contributed by atoms with Crippen LogP contribution in [0.5, 0.6) is 0 Å². The van der Waals surface area contributed by atoms with Crippen LogP contribution in [-0.2, 0) is 4.74 Å². The minimum Gasteiger partial charge on any atom is -0.444 e. The number of rotatable bonds is 3. The predicted octanol–water partition coefficient (Wildman–Crippen LogP) is 3.73. The molecule has 1 saturated heterocycles. The molecule has 1 aliphatic heterocycles. The van der Waals surface area contributed by atoms with Gasteiger partial charge in [-0.05, 0) is 45.1 Å². The van der Waals surface area contributed by atoms with Crippen molar-refractivity contribution in [3.05, 3.63) is 18.3 Å². The molecular formula is C15H23N3O2S. The van der Waals surface area contributed by atoms with Gasteiger partial charge in [-0.3, -0.25) is 5.32 Å². The van der Waals surface area contributed by atoms with Gasteiger partial charge in [-0.25, -0.2) is 9.78 Å². The molecule has 2 atom stereocenters. The second-order valence-corrected chi connectivity index (χ2v) is 7.66. The van der Waals surface area contributed by atoms with Crippen LogP contribution >= 0.6 is 11.8 Å². The molecule has 0 aromatic carbocycles. The molecule has 1 amide bonds. The van der Waals surface area contributed by atoms with Gasteiger partial charge in [-0.15, -0.1) is 0 Å². The van der Waals surface area contributed by atoms with Crippen LogP contribution < -0.4 is 10.6 Å². The van der Waals surface area contributed by atoms with Gasteiger partial charge in [0.05, 0.1) is 11.9 Å². The monoisotopic (exact) mass is 309 g/mol. The molecule has 6 heteroatoms. The third kappa shape index (κ3) is 5.12. The van der Waals surface area contributed by atoms with Crippen LogP contribution in [0.25, 0.3) is 0 Å². The maximum absolute atomic E-state index is 11.6. The van der Waals surface area contributed by atoms with Crippen LogP contribution in [0.3, 0.4) is 0 Å². The predicted molar refractivity (Wildman–Crippen MR) is 88.0 cm³/mol. The van der Waals surface area contributed by atoms with Gasteiger partial charge in [0.1, 0.15) is 11.4 Å². The maximum atomic E-state index is 11.6. The topological polar surface area (TPSA) is 63.2 Å². The lowest BCUT2D eigenvalue weighted by atomic mass is 10.1. The van der Waals surface area contributed by atoms with E-state index in [0.29, 0.717) is 17.1 Å². The SMILES string of the molecule is CC1SCCC1Nc1ccc(NC(=O)OC(C)(C)C)nc1. The second kappa shape index (κ2) is 6.56. The van der Waals surface area contributed by atoms with Gasteiger partial charge in [0.25, 0.3) is 0 Å². The van der Waals surface area contributed by atoms with Crippen LogP contribution in [-0.4, -0.2) is 33.7 Å². The van der Waals surface area contributed by atoms with Crippen molar-refractivity contribution in [2.24, 2.45) is 0 Å². The summed E-state index contributed by atoms with van der Waals surface area (Å²) in [6.45, 7) is 7.72. The van der Waals surface area contributed by atoms with E-state index in [2.05, 4.69) is 22.5 Å². The summed E-state index contributed by atoms with van der Waals surface area (Å²) in [5, 5.41) is 6.72. The molecule has 0 aliphatic carbocycles. The highest BCUT2D eigenvalue weighted by atomic mass is 32.2. The van der Waals surface area contributed by atoms with Crippen LogP contribution in [0.15, 0.2) is 18.3 Å². The third-order valence-electron chi connectivity index (χ3n) is 3.12. The normalized spacial score (nSPS) is 21.9. The van der Waals surface area contributed by atoms with Gasteiger partial charge in [0.15, 0.2) is 0 Å². The zero-order valence-electron chi connectivity index (χ0n) is 13.0. The summed E-state index contributed by atoms with van der Waals surface area (Å²) in [6, 6.07) is 4.19. The first-order chi connectivity index (χ1) is 9.83. The summed E-state index contributed by atoms with van der Waals surface area (Å²) in [4.78, 5) is 15.9. The lowest BCUT2D eigenvalue weighted by molar-refractivity contribution is 0.0635. The number of anilines is 2. The molecule has 0 spiro atoms. The van der Waals surface area contributed by atoms with Crippen molar-refractivity contribution in [3.8, 4) is 0 Å². The maximum Gasteiger partial charge on any atom is 0.413 e. The molecule has 1 aliphatic rings. The number of ether oxygens (including phenoxy) is 1. The Labute approximate surface area is 130 Å². The van der Waals surface area contributed by atoms with Gasteiger partial charge >= 0.3 is 6.09 Å². The van der Waals surface area contributed by atoms with Crippen LogP contribution in [0.1, 0.15) is 34.1 Å². The summed E-state index contributed by atoms with van der Waals surface area (Å²) >= 11 is 1.98. The molecule has 0 radical (unpaired) electrons. The third-order valence-corrected chi connectivity index (χ3v) is 4.45. The smallest absolute Gasteiger partial charge is 0.413 e. The number of pyridine rings is 1. The Bertz CT molecular complexity index is 485. The fourth-order valence-corrected chi connectivity index (χ4v) is 3.29. The van der Waals surface area contributed by atoms with E-state index in [4.69, 9.17) is 4.74 Å². The lowest BCUT2D eigenvalue weighted by Gasteiger charge is -2.20. The Hall–Kier alpha value is -1.43. The van der Waals surface area contributed by atoms with E-state index >= 15 is 0 Å². The first-order valence-electron chi connectivity index (χ1n) is 7.18. The standard InChI is InChI=1S/C15H23N3O2S/c1-10-12(7-8-21-10)17-11-5-6-13(16-9-11)18-14(19)20-15(2,3)4/h5-6,9-10,12,17H,7-8H2,1-4H3,(H,16,18,19). The molecule has 2 unspecified atom stereocenters. The van der Waals surface area contributed by atoms with Gasteiger partial charge in [0, 0.05) is 11.3 Å². The minimum atomic E-state index is -0.512. The first kappa shape index (κ1) is 15.9. The van der Waals surface area contributed by atoms with Crippen LogP contribution in [0.4, 0.5) is 16.3 Å². The molecule has 1 aromatic rings. The van der Waals surface area contributed by atoms with E-state index in [-0.39, 0.29) is 0 Å². The molecule has 116 valence electrons. The van der Waals surface area contributed by atoms with Crippen LogP contribution in [0.2, 0.25) is 0 Å². The number of nitrogens with zero attached hydrogens (tertiary/aromatic N) is 1. The Morgan fingerprint density at radius 2 is 2.19 bits per heavy atom. The van der Waals surface area contributed by atoms with E-state index in [0.717, 1.165) is 5.69 Å². The summed E-state index contributed by atoms with van der Waals surface area (Å²) in [5.74, 6) is 1.69. The largest absolute Gasteiger partial charge is 0.444 e. The number of carbonyl (C=O) groups is 1. The van der Waals surface area contributed by atoms with Gasteiger partial charge < -0.3 is 10.1 Å². The van der Waals surface area contributed by atoms with E-state index in [1.807, 2.05) is 38.6 Å². The first-order valence-corrected chi connectivity index (χ1v) is 8.22. The molecule has 1 aromatic heterocycles. The fourth-order valence-electron chi connectivity index (χ4n) is 2.10. The highest BCUT2D eigenvalue weighted by Gasteiger charge is 2.23. The molecule has 1 fully saturated rings. The summed E-state index contributed by atoms with van der Waals surface area (Å²) in [7, 11) is 0. The zero-order chi connectivity index (χ0) is 15.5. The lowest BCUT2D eigenvalue weighted by Crippen LogP contribution is -2.27. The second-order valence-electron chi connectivity index (χ2n) is 6.17. The van der Waals surface area contributed by atoms with Gasteiger partial charge in [0.2, 0.25) is 0 Å². The van der Waals surface area contributed by atoms with E-state index < -0.39 is 11.7 Å². The summed E-state index contributed by atoms with van der Waals surface area (Å²) in [6.07, 6.45) is 2.42. The van der Waals surface area contributed by atoms with E-state index in [1.54, 1.807) is 12.3 Å². The molecular weight excluding hydrogens is 286 g/mol. The molecule has 2 heterocycles. The zero-order valence-corrected chi connectivity index (χ0v) is 13.8. The van der Waals surface area contributed by atoms with E-state index in [9.17, 15) is 4.79 Å². The Kier molecular flexibility index (Phi) is 4.98. The highest BCUT2D eigenvalue weighted by molar-refractivity contribution is 8.00. The minimum absolute atomic E-state index is 0.487. The average molecular weight is 309 g/mol. The Balaban J connectivity index is 1.88. The molecule has 2 rings (SSSR count). The summed E-state index contributed by atoms with van der Waals surface area (Å²) in [5.41, 5.74) is 0.464. The fraction of sp³-hybridized carbons (Fsp3) is 0.600. The molecule has 21 heavy (non-hydrogen) atoms. The Morgan fingerprint density at radius 1 is 1.43 bits per heavy atom. The van der Waals surface area contributed by atoms with E-state index in [1.165, 1.54) is 12.2 Å².